The number of benzene rings is 1. The maximum Gasteiger partial charge on any atom is 0.255 e. The van der Waals surface area contributed by atoms with E-state index >= 15 is 0 Å². The van der Waals surface area contributed by atoms with E-state index in [-0.39, 0.29) is 5.56 Å². The molecule has 6 heteroatoms. The van der Waals surface area contributed by atoms with Gasteiger partial charge in [-0.25, -0.2) is 9.40 Å². The molecule has 0 aliphatic rings. The Kier molecular flexibility index (Phi) is 4.23. The summed E-state index contributed by atoms with van der Waals surface area (Å²) in [6.07, 6.45) is 0. The van der Waals surface area contributed by atoms with Crippen LogP contribution in [0.15, 0.2) is 18.2 Å². The van der Waals surface area contributed by atoms with Crippen LogP contribution in [0.4, 0.5) is 4.39 Å². The lowest BCUT2D eigenvalue weighted by atomic mass is 10.1. The van der Waals surface area contributed by atoms with Gasteiger partial charge < -0.3 is 5.73 Å². The Balaban J connectivity index is 2.91. The minimum Gasteiger partial charge on any atom is -0.316 e. The third-order valence-electron chi connectivity index (χ3n) is 1.91. The summed E-state index contributed by atoms with van der Waals surface area (Å²) in [6, 6.07) is 2.84. The van der Waals surface area contributed by atoms with Crippen molar-refractivity contribution in [3.63, 3.8) is 0 Å². The smallest absolute Gasteiger partial charge is 0.255 e. The highest BCUT2D eigenvalue weighted by atomic mass is 35.5. The molecular formula is C10H13ClFN3O. The van der Waals surface area contributed by atoms with Crippen molar-refractivity contribution in [2.24, 2.45) is 5.73 Å². The van der Waals surface area contributed by atoms with Crippen LogP contribution in [0.1, 0.15) is 11.6 Å². The number of nitrogens with two attached hydrogens (primary N) is 1. The Morgan fingerprint density at radius 2 is 2.19 bits per heavy atom. The van der Waals surface area contributed by atoms with Crippen LogP contribution in [0.3, 0.4) is 0 Å². The first kappa shape index (κ1) is 12.9. The summed E-state index contributed by atoms with van der Waals surface area (Å²) in [6.45, 7) is 0. The van der Waals surface area contributed by atoms with Crippen LogP contribution in [0.2, 0.25) is 5.02 Å². The minimum atomic E-state index is -1.08. The number of rotatable bonds is 3. The van der Waals surface area contributed by atoms with Crippen molar-refractivity contribution in [2.75, 3.05) is 14.1 Å². The zero-order chi connectivity index (χ0) is 12.3. The molecule has 4 nitrogen and oxygen atoms in total. The summed E-state index contributed by atoms with van der Waals surface area (Å²) in [5.41, 5.74) is 8.14. The van der Waals surface area contributed by atoms with Crippen molar-refractivity contribution in [2.45, 2.75) is 6.04 Å². The zero-order valence-electron chi connectivity index (χ0n) is 9.00. The fourth-order valence-electron chi connectivity index (χ4n) is 1.18. The molecule has 0 aromatic heterocycles. The van der Waals surface area contributed by atoms with E-state index < -0.39 is 17.8 Å². The molecule has 3 N–H and O–H groups in total. The number of nitrogens with one attached hydrogen (secondary N) is 1. The van der Waals surface area contributed by atoms with Gasteiger partial charge in [-0.3, -0.25) is 10.2 Å². The molecule has 1 amide bonds. The molecule has 0 spiro atoms. The van der Waals surface area contributed by atoms with Gasteiger partial charge in [0.1, 0.15) is 11.9 Å². The summed E-state index contributed by atoms with van der Waals surface area (Å²) in [4.78, 5) is 11.5. The first-order valence-electron chi connectivity index (χ1n) is 4.60. The van der Waals surface area contributed by atoms with E-state index in [0.29, 0.717) is 5.02 Å². The zero-order valence-corrected chi connectivity index (χ0v) is 9.75. The first-order valence-corrected chi connectivity index (χ1v) is 4.98. The molecule has 0 bridgehead atoms. The van der Waals surface area contributed by atoms with Crippen LogP contribution in [0, 0.1) is 5.82 Å². The number of carbonyl (C=O) groups is 1. The average molecular weight is 246 g/mol. The Morgan fingerprint density at radius 3 is 2.75 bits per heavy atom. The second-order valence-electron chi connectivity index (χ2n) is 3.51. The lowest BCUT2D eigenvalue weighted by Gasteiger charge is -2.17. The van der Waals surface area contributed by atoms with Crippen molar-refractivity contribution in [1.29, 1.82) is 0 Å². The van der Waals surface area contributed by atoms with Crippen molar-refractivity contribution in [3.8, 4) is 0 Å². The van der Waals surface area contributed by atoms with Crippen molar-refractivity contribution in [1.82, 2.24) is 10.4 Å². The van der Waals surface area contributed by atoms with Gasteiger partial charge in [-0.2, -0.15) is 0 Å². The van der Waals surface area contributed by atoms with Crippen molar-refractivity contribution < 1.29 is 9.18 Å². The molecule has 0 heterocycles. The molecule has 16 heavy (non-hydrogen) atoms. The summed E-state index contributed by atoms with van der Waals surface area (Å²) in [7, 11) is 3.28. The number of nitrogens with zero attached hydrogens (tertiary/aromatic N) is 1. The fraction of sp³-hybridized carbons (Fsp3) is 0.300. The molecule has 0 aliphatic carbocycles. The number of carbonyl (C=O) groups excluding carboxylic acids is 1. The van der Waals surface area contributed by atoms with E-state index in [1.54, 1.807) is 14.1 Å². The second kappa shape index (κ2) is 5.25. The van der Waals surface area contributed by atoms with Crippen LogP contribution in [-0.2, 0) is 4.79 Å². The second-order valence-corrected chi connectivity index (χ2v) is 3.95. The number of hydrazine groups is 1. The maximum atomic E-state index is 13.4. The molecule has 0 saturated heterocycles. The largest absolute Gasteiger partial charge is 0.316 e. The quantitative estimate of drug-likeness (QED) is 0.784. The highest BCUT2D eigenvalue weighted by molar-refractivity contribution is 6.30. The molecule has 1 aromatic carbocycles. The lowest BCUT2D eigenvalue weighted by molar-refractivity contribution is -0.126. The molecule has 1 aromatic rings. The van der Waals surface area contributed by atoms with Crippen molar-refractivity contribution in [3.05, 3.63) is 34.6 Å². The van der Waals surface area contributed by atoms with Crippen molar-refractivity contribution >= 4 is 17.5 Å². The van der Waals surface area contributed by atoms with E-state index in [1.165, 1.54) is 23.2 Å². The molecule has 88 valence electrons. The summed E-state index contributed by atoms with van der Waals surface area (Å²) >= 11 is 5.71. The van der Waals surface area contributed by atoms with E-state index in [9.17, 15) is 9.18 Å². The third-order valence-corrected chi connectivity index (χ3v) is 2.14. The van der Waals surface area contributed by atoms with Crippen LogP contribution in [0.5, 0.6) is 0 Å². The molecular weight excluding hydrogens is 233 g/mol. The molecule has 0 aliphatic heterocycles. The van der Waals surface area contributed by atoms with E-state index in [1.807, 2.05) is 0 Å². The highest BCUT2D eigenvalue weighted by Gasteiger charge is 2.19. The fourth-order valence-corrected chi connectivity index (χ4v) is 1.36. The average Bonchev–Trinajstić information content (AvgIpc) is 2.19. The molecule has 0 fully saturated rings. The van der Waals surface area contributed by atoms with Crippen LogP contribution in [-0.4, -0.2) is 25.0 Å². The van der Waals surface area contributed by atoms with Crippen LogP contribution in [0.25, 0.3) is 0 Å². The SMILES string of the molecule is CN(C)NC(=O)C(N)c1cc(Cl)ccc1F. The van der Waals surface area contributed by atoms with Crippen LogP contribution < -0.4 is 11.2 Å². The van der Waals surface area contributed by atoms with E-state index in [4.69, 9.17) is 17.3 Å². The van der Waals surface area contributed by atoms with Gasteiger partial charge in [0.05, 0.1) is 0 Å². The Hall–Kier alpha value is -1.17. The molecule has 1 rings (SSSR count). The van der Waals surface area contributed by atoms with Gasteiger partial charge in [-0.05, 0) is 18.2 Å². The normalized spacial score (nSPS) is 12.6. The Morgan fingerprint density at radius 1 is 1.56 bits per heavy atom. The number of hydrogen-bond donors (Lipinski definition) is 2. The molecule has 1 atom stereocenters. The van der Waals surface area contributed by atoms with E-state index in [2.05, 4.69) is 5.43 Å². The van der Waals surface area contributed by atoms with E-state index in [0.717, 1.165) is 0 Å². The number of amides is 1. The first-order chi connectivity index (χ1) is 7.41. The van der Waals surface area contributed by atoms with Gasteiger partial charge in [-0.15, -0.1) is 0 Å². The predicted molar refractivity (Wildman–Crippen MR) is 60.2 cm³/mol. The van der Waals surface area contributed by atoms with Gasteiger partial charge in [0.25, 0.3) is 5.91 Å². The summed E-state index contributed by atoms with van der Waals surface area (Å²) in [5, 5.41) is 1.77. The Labute approximate surface area is 98.1 Å². The monoisotopic (exact) mass is 245 g/mol. The molecule has 0 radical (unpaired) electrons. The topological polar surface area (TPSA) is 58.4 Å². The number of hydrogen-bond acceptors (Lipinski definition) is 3. The summed E-state index contributed by atoms with van der Waals surface area (Å²) in [5.74, 6) is -1.04. The van der Waals surface area contributed by atoms with Gasteiger partial charge in [0.15, 0.2) is 0 Å². The predicted octanol–water partition coefficient (Wildman–Crippen LogP) is 1.07. The number of halogens is 2. The summed E-state index contributed by atoms with van der Waals surface area (Å²) < 4.78 is 13.4. The third kappa shape index (κ3) is 3.16. The lowest BCUT2D eigenvalue weighted by Crippen LogP contribution is -2.42. The highest BCUT2D eigenvalue weighted by Crippen LogP contribution is 2.20. The van der Waals surface area contributed by atoms with Gasteiger partial charge in [0.2, 0.25) is 0 Å². The minimum absolute atomic E-state index is 0.0758. The van der Waals surface area contributed by atoms with Gasteiger partial charge in [0, 0.05) is 24.7 Å². The standard InChI is InChI=1S/C10H13ClFN3O/c1-15(2)14-10(16)9(13)7-5-6(11)3-4-8(7)12/h3-5,9H,13H2,1-2H3,(H,14,16). The molecule has 1 unspecified atom stereocenters. The van der Waals surface area contributed by atoms with Gasteiger partial charge >= 0.3 is 0 Å². The Bertz CT molecular complexity index is 398. The van der Waals surface area contributed by atoms with Gasteiger partial charge in [-0.1, -0.05) is 11.6 Å². The van der Waals surface area contributed by atoms with Crippen LogP contribution >= 0.6 is 11.6 Å². The maximum absolute atomic E-state index is 13.4. The molecule has 0 saturated carbocycles.